The summed E-state index contributed by atoms with van der Waals surface area (Å²) >= 11 is 1.48. The van der Waals surface area contributed by atoms with Crippen molar-refractivity contribution in [2.45, 2.75) is 75.5 Å². The lowest BCUT2D eigenvalue weighted by Gasteiger charge is -2.28. The zero-order chi connectivity index (χ0) is 27.3. The lowest BCUT2D eigenvalue weighted by atomic mass is 9.79. The van der Waals surface area contributed by atoms with E-state index in [0.29, 0.717) is 35.9 Å². The monoisotopic (exact) mass is 527 g/mol. The number of anilines is 2. The normalized spacial score (nSPS) is 11.8. The van der Waals surface area contributed by atoms with E-state index in [1.807, 2.05) is 48.5 Å². The lowest BCUT2D eigenvalue weighted by Crippen LogP contribution is -2.17. The van der Waals surface area contributed by atoms with Gasteiger partial charge in [-0.25, -0.2) is 0 Å². The van der Waals surface area contributed by atoms with Crippen LogP contribution in [0.25, 0.3) is 0 Å². The number of nitrogens with one attached hydrogen (secondary N) is 2. The number of hydrogen-bond donors (Lipinski definition) is 3. The molecule has 0 amide bonds. The van der Waals surface area contributed by atoms with Gasteiger partial charge in [-0.1, -0.05) is 102 Å². The van der Waals surface area contributed by atoms with Crippen LogP contribution in [0.2, 0.25) is 0 Å². The summed E-state index contributed by atoms with van der Waals surface area (Å²) in [5.74, 6) is 1.38. The van der Waals surface area contributed by atoms with Crippen molar-refractivity contribution in [1.82, 2.24) is 15.0 Å². The van der Waals surface area contributed by atoms with Gasteiger partial charge in [-0.2, -0.15) is 15.0 Å². The number of phenolic OH excluding ortho intramolecular Hbond substituents is 1. The van der Waals surface area contributed by atoms with Gasteiger partial charge in [0.2, 0.25) is 11.9 Å². The second-order valence-corrected chi connectivity index (χ2v) is 12.5. The second-order valence-electron chi connectivity index (χ2n) is 11.4. The van der Waals surface area contributed by atoms with Gasteiger partial charge >= 0.3 is 0 Å². The molecule has 0 atom stereocenters. The predicted molar refractivity (Wildman–Crippen MR) is 157 cm³/mol. The Labute approximate surface area is 230 Å². The maximum atomic E-state index is 11.1. The standard InChI is InChI=1S/C31H37N5OS/c1-30(2,3)24-17-23(18-25(26(24)37)31(4,5)6)38-29-35-27(32-19-21-13-9-7-10-14-21)34-28(36-29)33-20-22-15-11-8-12-16-22/h7-18,37H,19-20H2,1-6H3,(H2,32,33,34,35,36). The predicted octanol–water partition coefficient (Wildman–Crippen LogP) is 7.55. The molecule has 0 aliphatic heterocycles. The lowest BCUT2D eigenvalue weighted by molar-refractivity contribution is 0.422. The van der Waals surface area contributed by atoms with Gasteiger partial charge in [-0.3, -0.25) is 0 Å². The molecule has 198 valence electrons. The molecule has 0 spiro atoms. The van der Waals surface area contributed by atoms with Crippen molar-refractivity contribution in [1.29, 1.82) is 0 Å². The minimum atomic E-state index is -0.218. The molecular weight excluding hydrogens is 490 g/mol. The van der Waals surface area contributed by atoms with Gasteiger partial charge in [-0.15, -0.1) is 0 Å². The van der Waals surface area contributed by atoms with Crippen molar-refractivity contribution in [2.75, 3.05) is 10.6 Å². The molecule has 0 saturated heterocycles. The number of benzene rings is 3. The van der Waals surface area contributed by atoms with Crippen molar-refractivity contribution in [3.05, 3.63) is 95.1 Å². The summed E-state index contributed by atoms with van der Waals surface area (Å²) in [6.07, 6.45) is 0. The second kappa shape index (κ2) is 11.4. The van der Waals surface area contributed by atoms with Gasteiger partial charge in [0.1, 0.15) is 5.75 Å². The number of rotatable bonds is 8. The summed E-state index contributed by atoms with van der Waals surface area (Å²) in [6.45, 7) is 13.9. The van der Waals surface area contributed by atoms with Crippen LogP contribution in [-0.4, -0.2) is 20.1 Å². The Morgan fingerprint density at radius 3 is 1.47 bits per heavy atom. The van der Waals surface area contributed by atoms with Gasteiger partial charge in [0.25, 0.3) is 0 Å². The average molecular weight is 528 g/mol. The average Bonchev–Trinajstić information content (AvgIpc) is 2.87. The molecule has 4 aromatic rings. The summed E-state index contributed by atoms with van der Waals surface area (Å²) < 4.78 is 0. The maximum Gasteiger partial charge on any atom is 0.228 e. The van der Waals surface area contributed by atoms with Crippen LogP contribution in [-0.2, 0) is 23.9 Å². The fourth-order valence-corrected chi connectivity index (χ4v) is 4.86. The fraction of sp³-hybridized carbons (Fsp3) is 0.323. The minimum absolute atomic E-state index is 0.218. The van der Waals surface area contributed by atoms with Crippen LogP contribution in [0, 0.1) is 0 Å². The highest BCUT2D eigenvalue weighted by atomic mass is 32.2. The number of hydrogen-bond acceptors (Lipinski definition) is 7. The molecule has 1 heterocycles. The molecule has 0 unspecified atom stereocenters. The Morgan fingerprint density at radius 1 is 0.658 bits per heavy atom. The maximum absolute atomic E-state index is 11.1. The molecule has 6 nitrogen and oxygen atoms in total. The van der Waals surface area contributed by atoms with E-state index in [1.54, 1.807) is 0 Å². The van der Waals surface area contributed by atoms with E-state index in [2.05, 4.69) is 81.4 Å². The first-order valence-corrected chi connectivity index (χ1v) is 13.7. The van der Waals surface area contributed by atoms with Gasteiger partial charge in [-0.05, 0) is 45.9 Å². The molecule has 0 aliphatic carbocycles. The number of nitrogens with zero attached hydrogens (tertiary/aromatic N) is 3. The van der Waals surface area contributed by atoms with E-state index < -0.39 is 0 Å². The van der Waals surface area contributed by atoms with E-state index in [4.69, 9.17) is 9.97 Å². The molecule has 0 saturated carbocycles. The summed E-state index contributed by atoms with van der Waals surface area (Å²) in [7, 11) is 0. The largest absolute Gasteiger partial charge is 0.507 e. The van der Waals surface area contributed by atoms with Gasteiger partial charge < -0.3 is 15.7 Å². The quantitative estimate of drug-likeness (QED) is 0.218. The first-order chi connectivity index (χ1) is 18.0. The Balaban J connectivity index is 1.67. The fourth-order valence-electron chi connectivity index (χ4n) is 4.03. The van der Waals surface area contributed by atoms with Crippen molar-refractivity contribution in [3.8, 4) is 5.75 Å². The first-order valence-electron chi connectivity index (χ1n) is 12.9. The first kappa shape index (κ1) is 27.5. The van der Waals surface area contributed by atoms with E-state index in [1.165, 1.54) is 11.8 Å². The van der Waals surface area contributed by atoms with E-state index >= 15 is 0 Å². The Bertz CT molecular complexity index is 1270. The molecule has 0 aliphatic rings. The van der Waals surface area contributed by atoms with Crippen LogP contribution in [0.15, 0.2) is 82.8 Å². The van der Waals surface area contributed by atoms with E-state index in [-0.39, 0.29) is 10.8 Å². The molecule has 4 rings (SSSR count). The van der Waals surface area contributed by atoms with Gasteiger partial charge in [0.15, 0.2) is 5.16 Å². The third kappa shape index (κ3) is 7.25. The minimum Gasteiger partial charge on any atom is -0.507 e. The summed E-state index contributed by atoms with van der Waals surface area (Å²) in [5.41, 5.74) is 3.67. The molecule has 0 bridgehead atoms. The Kier molecular flexibility index (Phi) is 8.26. The summed E-state index contributed by atoms with van der Waals surface area (Å²) in [5, 5.41) is 18.4. The molecule has 3 aromatic carbocycles. The smallest absolute Gasteiger partial charge is 0.228 e. The Hall–Kier alpha value is -3.58. The highest BCUT2D eigenvalue weighted by molar-refractivity contribution is 7.99. The van der Waals surface area contributed by atoms with Crippen molar-refractivity contribution in [3.63, 3.8) is 0 Å². The molecule has 38 heavy (non-hydrogen) atoms. The molecule has 3 N–H and O–H groups in total. The van der Waals surface area contributed by atoms with Crippen LogP contribution in [0.5, 0.6) is 5.75 Å². The third-order valence-electron chi connectivity index (χ3n) is 6.11. The Morgan fingerprint density at radius 2 is 1.08 bits per heavy atom. The summed E-state index contributed by atoms with van der Waals surface area (Å²) in [6, 6.07) is 24.4. The highest BCUT2D eigenvalue weighted by Gasteiger charge is 2.27. The molecule has 7 heteroatoms. The van der Waals surface area contributed by atoms with Crippen LogP contribution < -0.4 is 10.6 Å². The zero-order valence-electron chi connectivity index (χ0n) is 23.0. The molecular formula is C31H37N5OS. The molecule has 1 aromatic heterocycles. The van der Waals surface area contributed by atoms with Crippen molar-refractivity contribution in [2.24, 2.45) is 0 Å². The molecule has 0 fully saturated rings. The number of aromatic hydroxyl groups is 1. The van der Waals surface area contributed by atoms with Gasteiger partial charge in [0.05, 0.1) is 0 Å². The van der Waals surface area contributed by atoms with Gasteiger partial charge in [0, 0.05) is 29.1 Å². The van der Waals surface area contributed by atoms with Crippen LogP contribution in [0.1, 0.15) is 63.8 Å². The van der Waals surface area contributed by atoms with Crippen LogP contribution in [0.4, 0.5) is 11.9 Å². The topological polar surface area (TPSA) is 83.0 Å². The van der Waals surface area contributed by atoms with Crippen molar-refractivity contribution < 1.29 is 5.11 Å². The van der Waals surface area contributed by atoms with Crippen LogP contribution in [0.3, 0.4) is 0 Å². The van der Waals surface area contributed by atoms with E-state index in [0.717, 1.165) is 27.1 Å². The third-order valence-corrected chi connectivity index (χ3v) is 6.95. The van der Waals surface area contributed by atoms with Crippen LogP contribution >= 0.6 is 11.8 Å². The highest BCUT2D eigenvalue weighted by Crippen LogP contribution is 2.42. The van der Waals surface area contributed by atoms with E-state index in [9.17, 15) is 5.11 Å². The van der Waals surface area contributed by atoms with Crippen molar-refractivity contribution >= 4 is 23.7 Å². The molecule has 0 radical (unpaired) electrons. The number of aromatic nitrogens is 3. The summed E-state index contributed by atoms with van der Waals surface area (Å²) in [4.78, 5) is 15.1. The SMILES string of the molecule is CC(C)(C)c1cc(Sc2nc(NCc3ccccc3)nc(NCc3ccccc3)n2)cc(C(C)(C)C)c1O. The number of phenols is 1. The zero-order valence-corrected chi connectivity index (χ0v) is 23.9.